The van der Waals surface area contributed by atoms with Crippen molar-refractivity contribution in [2.24, 2.45) is 28.6 Å². The molecule has 0 amide bonds. The molecular formula is C21H30O2. The van der Waals surface area contributed by atoms with Crippen LogP contribution in [-0.4, -0.2) is 17.0 Å². The number of fused-ring (bicyclic) bond motifs is 5. The normalized spacial score (nSPS) is 51.0. The van der Waals surface area contributed by atoms with Crippen LogP contribution in [0, 0.1) is 28.6 Å². The number of allylic oxidation sites excluding steroid dienone is 3. The van der Waals surface area contributed by atoms with E-state index >= 15 is 0 Å². The van der Waals surface area contributed by atoms with Crippen LogP contribution in [0.3, 0.4) is 0 Å². The lowest BCUT2D eigenvalue weighted by molar-refractivity contribution is -0.115. The molecule has 4 rings (SSSR count). The molecule has 0 unspecified atom stereocenters. The summed E-state index contributed by atoms with van der Waals surface area (Å²) in [6.07, 6.45) is 11.6. The topological polar surface area (TPSA) is 37.3 Å². The maximum absolute atomic E-state index is 12.5. The highest BCUT2D eigenvalue weighted by Crippen LogP contribution is 2.65. The summed E-state index contributed by atoms with van der Waals surface area (Å²) < 4.78 is 0. The van der Waals surface area contributed by atoms with Gasteiger partial charge < -0.3 is 5.11 Å². The molecule has 4 aliphatic rings. The lowest BCUT2D eigenvalue weighted by Crippen LogP contribution is -2.49. The highest BCUT2D eigenvalue weighted by Gasteiger charge is 2.59. The van der Waals surface area contributed by atoms with Crippen molar-refractivity contribution in [2.75, 3.05) is 0 Å². The first-order valence-corrected chi connectivity index (χ1v) is 9.47. The van der Waals surface area contributed by atoms with Crippen LogP contribution in [0.15, 0.2) is 23.3 Å². The number of hydrogen-bond acceptors (Lipinski definition) is 2. The van der Waals surface area contributed by atoms with Crippen LogP contribution >= 0.6 is 0 Å². The average molecular weight is 314 g/mol. The number of aliphatic hydroxyl groups is 1. The van der Waals surface area contributed by atoms with Crippen molar-refractivity contribution in [3.8, 4) is 0 Å². The molecule has 3 saturated carbocycles. The minimum Gasteiger partial charge on any atom is -0.393 e. The van der Waals surface area contributed by atoms with Gasteiger partial charge in [0, 0.05) is 6.42 Å². The number of aliphatic hydroxyl groups excluding tert-OH is 1. The van der Waals surface area contributed by atoms with Crippen LogP contribution in [-0.2, 0) is 4.79 Å². The fraction of sp³-hybridized carbons (Fsp3) is 0.762. The largest absolute Gasteiger partial charge is 0.393 e. The zero-order valence-electron chi connectivity index (χ0n) is 14.8. The van der Waals surface area contributed by atoms with Crippen LogP contribution in [0.1, 0.15) is 65.7 Å². The van der Waals surface area contributed by atoms with Crippen molar-refractivity contribution < 1.29 is 9.90 Å². The maximum Gasteiger partial charge on any atom is 0.159 e. The fourth-order valence-corrected chi connectivity index (χ4v) is 6.79. The molecule has 3 fully saturated rings. The van der Waals surface area contributed by atoms with E-state index in [0.29, 0.717) is 23.5 Å². The summed E-state index contributed by atoms with van der Waals surface area (Å²) in [6, 6.07) is 0. The number of rotatable bonds is 0. The van der Waals surface area contributed by atoms with E-state index < -0.39 is 0 Å². The Bertz CT molecular complexity index is 601. The molecule has 2 nitrogen and oxygen atoms in total. The Morgan fingerprint density at radius 1 is 1.13 bits per heavy atom. The van der Waals surface area contributed by atoms with Crippen molar-refractivity contribution in [1.82, 2.24) is 0 Å². The molecule has 1 N–H and O–H groups in total. The van der Waals surface area contributed by atoms with Gasteiger partial charge in [0.2, 0.25) is 0 Å². The van der Waals surface area contributed by atoms with Crippen molar-refractivity contribution in [3.05, 3.63) is 23.3 Å². The third-order valence-electron chi connectivity index (χ3n) is 8.08. The summed E-state index contributed by atoms with van der Waals surface area (Å²) in [5.41, 5.74) is 3.00. The first-order chi connectivity index (χ1) is 10.9. The third-order valence-corrected chi connectivity index (χ3v) is 8.08. The van der Waals surface area contributed by atoms with Crippen molar-refractivity contribution in [3.63, 3.8) is 0 Å². The number of hydrogen-bond donors (Lipinski definition) is 1. The van der Waals surface area contributed by atoms with E-state index in [0.717, 1.165) is 44.1 Å². The number of ketones is 1. The van der Waals surface area contributed by atoms with E-state index in [4.69, 9.17) is 0 Å². The predicted octanol–water partition coefficient (Wildman–Crippen LogP) is 4.44. The van der Waals surface area contributed by atoms with Crippen molar-refractivity contribution >= 4 is 5.78 Å². The SMILES string of the molecule is C/C=C1\C(=O)C[C@H]2[C@H]3CC=C4C[C@@H](O)CC[C@]4(C)[C@@H]3CC[C@]12C. The molecule has 0 heterocycles. The molecule has 0 aromatic heterocycles. The van der Waals surface area contributed by atoms with Crippen LogP contribution in [0.4, 0.5) is 0 Å². The van der Waals surface area contributed by atoms with Crippen LogP contribution < -0.4 is 0 Å². The Morgan fingerprint density at radius 3 is 2.61 bits per heavy atom. The second kappa shape index (κ2) is 5.05. The van der Waals surface area contributed by atoms with E-state index in [2.05, 4.69) is 26.0 Å². The van der Waals surface area contributed by atoms with Gasteiger partial charge in [0.15, 0.2) is 5.78 Å². The summed E-state index contributed by atoms with van der Waals surface area (Å²) in [6.45, 7) is 6.83. The molecule has 0 saturated heterocycles. The second-order valence-electron chi connectivity index (χ2n) is 8.94. The fourth-order valence-electron chi connectivity index (χ4n) is 6.79. The van der Waals surface area contributed by atoms with Gasteiger partial charge in [0.05, 0.1) is 6.10 Å². The molecule has 0 aliphatic heterocycles. The van der Waals surface area contributed by atoms with E-state index in [-0.39, 0.29) is 16.9 Å². The van der Waals surface area contributed by atoms with Gasteiger partial charge in [-0.2, -0.15) is 0 Å². The highest BCUT2D eigenvalue weighted by atomic mass is 16.3. The standard InChI is InChI=1S/C21H30O2/c1-4-16-19(23)12-18-15-6-5-13-11-14(22)7-9-20(13,2)17(15)8-10-21(16,18)3/h4-5,14-15,17-18,22H,6-12H2,1-3H3/b16-4+/t14-,15-,17+,18-,20-,21+/m0/s1. The summed E-state index contributed by atoms with van der Waals surface area (Å²) in [5, 5.41) is 10.1. The minimum absolute atomic E-state index is 0.114. The van der Waals surface area contributed by atoms with Gasteiger partial charge in [-0.25, -0.2) is 0 Å². The minimum atomic E-state index is -0.137. The number of carbonyl (C=O) groups excluding carboxylic acids is 1. The molecule has 0 bridgehead atoms. The zero-order valence-corrected chi connectivity index (χ0v) is 14.8. The van der Waals surface area contributed by atoms with Crippen LogP contribution in [0.2, 0.25) is 0 Å². The van der Waals surface area contributed by atoms with Gasteiger partial charge in [-0.3, -0.25) is 4.79 Å². The van der Waals surface area contributed by atoms with Gasteiger partial charge in [-0.1, -0.05) is 31.6 Å². The molecule has 126 valence electrons. The van der Waals surface area contributed by atoms with Crippen LogP contribution in [0.5, 0.6) is 0 Å². The third kappa shape index (κ3) is 2.00. The van der Waals surface area contributed by atoms with Gasteiger partial charge in [-0.05, 0) is 79.6 Å². The molecule has 4 aliphatic carbocycles. The van der Waals surface area contributed by atoms with Gasteiger partial charge >= 0.3 is 0 Å². The quantitative estimate of drug-likeness (QED) is 0.530. The molecule has 0 aromatic carbocycles. The average Bonchev–Trinajstić information content (AvgIpc) is 2.77. The molecule has 0 spiro atoms. The molecule has 0 radical (unpaired) electrons. The van der Waals surface area contributed by atoms with Gasteiger partial charge in [0.1, 0.15) is 0 Å². The van der Waals surface area contributed by atoms with E-state index in [9.17, 15) is 9.90 Å². The molecular weight excluding hydrogens is 284 g/mol. The zero-order chi connectivity index (χ0) is 16.4. The van der Waals surface area contributed by atoms with Crippen molar-refractivity contribution in [1.29, 1.82) is 0 Å². The number of Topliss-reactive ketones (excluding diaryl/α,β-unsaturated/α-hetero) is 1. The number of carbonyl (C=O) groups is 1. The molecule has 0 aromatic rings. The first kappa shape index (κ1) is 15.6. The van der Waals surface area contributed by atoms with Crippen molar-refractivity contribution in [2.45, 2.75) is 71.8 Å². The molecule has 23 heavy (non-hydrogen) atoms. The smallest absolute Gasteiger partial charge is 0.159 e. The summed E-state index contributed by atoms with van der Waals surface area (Å²) in [5.74, 6) is 2.29. The lowest BCUT2D eigenvalue weighted by atomic mass is 9.48. The second-order valence-corrected chi connectivity index (χ2v) is 8.94. The highest BCUT2D eigenvalue weighted by molar-refractivity contribution is 5.99. The Balaban J connectivity index is 1.71. The van der Waals surface area contributed by atoms with E-state index in [1.165, 1.54) is 12.0 Å². The Morgan fingerprint density at radius 2 is 1.87 bits per heavy atom. The molecule has 2 heteroatoms. The van der Waals surface area contributed by atoms with E-state index in [1.54, 1.807) is 0 Å². The molecule has 6 atom stereocenters. The monoisotopic (exact) mass is 314 g/mol. The summed E-state index contributed by atoms with van der Waals surface area (Å²) in [7, 11) is 0. The van der Waals surface area contributed by atoms with Gasteiger partial charge in [-0.15, -0.1) is 0 Å². The van der Waals surface area contributed by atoms with E-state index in [1.807, 2.05) is 6.92 Å². The lowest BCUT2D eigenvalue weighted by Gasteiger charge is -2.57. The summed E-state index contributed by atoms with van der Waals surface area (Å²) >= 11 is 0. The summed E-state index contributed by atoms with van der Waals surface area (Å²) in [4.78, 5) is 12.5. The predicted molar refractivity (Wildman–Crippen MR) is 91.9 cm³/mol. The maximum atomic E-state index is 12.5. The van der Waals surface area contributed by atoms with Crippen LogP contribution in [0.25, 0.3) is 0 Å². The Labute approximate surface area is 140 Å². The Kier molecular flexibility index (Phi) is 3.43. The first-order valence-electron chi connectivity index (χ1n) is 9.47. The Hall–Kier alpha value is -0.890. The van der Waals surface area contributed by atoms with Gasteiger partial charge in [0.25, 0.3) is 0 Å².